The van der Waals surface area contributed by atoms with E-state index >= 15 is 0 Å². The van der Waals surface area contributed by atoms with Crippen LogP contribution >= 0.6 is 23.2 Å². The smallest absolute Gasteiger partial charge is 0.334 e. The van der Waals surface area contributed by atoms with Gasteiger partial charge in [0.25, 0.3) is 5.91 Å². The number of hydrogen-bond acceptors (Lipinski definition) is 1. The SMILES string of the molecule is O=C(c1cc(C(F)(F)F)cc(Cl)c1F)N(CCc1ccc(Cl)cc1)Cc1ccc(C(F)(C(F)(F)F)C(F)(F)F)cc1. The van der Waals surface area contributed by atoms with Crippen molar-refractivity contribution in [1.82, 2.24) is 4.90 Å². The van der Waals surface area contributed by atoms with Gasteiger partial charge in [-0.15, -0.1) is 0 Å². The summed E-state index contributed by atoms with van der Waals surface area (Å²) >= 11 is 11.4. The van der Waals surface area contributed by atoms with Gasteiger partial charge in [-0.2, -0.15) is 39.5 Å². The maximum absolute atomic E-state index is 14.7. The molecule has 0 spiro atoms. The molecule has 15 heteroatoms. The Morgan fingerprint density at radius 1 is 0.707 bits per heavy atom. The highest BCUT2D eigenvalue weighted by atomic mass is 35.5. The van der Waals surface area contributed by atoms with Crippen LogP contribution in [0.15, 0.2) is 60.7 Å². The summed E-state index contributed by atoms with van der Waals surface area (Å²) in [5, 5.41) is -0.645. The molecule has 0 unspecified atom stereocenters. The summed E-state index contributed by atoms with van der Waals surface area (Å²) in [4.78, 5) is 14.1. The minimum Gasteiger partial charge on any atom is -0.334 e. The Bertz CT molecular complexity index is 1370. The van der Waals surface area contributed by atoms with Gasteiger partial charge in [-0.05, 0) is 41.8 Å². The number of alkyl halides is 10. The Hall–Kier alpha value is -3.06. The van der Waals surface area contributed by atoms with Crippen LogP contribution < -0.4 is 0 Å². The maximum atomic E-state index is 14.7. The van der Waals surface area contributed by atoms with Crippen molar-refractivity contribution in [3.63, 3.8) is 0 Å². The molecular weight excluding hydrogens is 622 g/mol. The fourth-order valence-electron chi connectivity index (χ4n) is 3.79. The second-order valence-corrected chi connectivity index (χ2v) is 9.62. The number of halogens is 13. The first kappa shape index (κ1) is 32.5. The van der Waals surface area contributed by atoms with E-state index in [1.807, 2.05) is 0 Å². The quantitative estimate of drug-likeness (QED) is 0.236. The third-order valence-electron chi connectivity index (χ3n) is 5.96. The molecule has 0 aliphatic carbocycles. The van der Waals surface area contributed by atoms with Gasteiger partial charge in [0.1, 0.15) is 0 Å². The van der Waals surface area contributed by atoms with E-state index in [1.165, 1.54) is 12.1 Å². The van der Waals surface area contributed by atoms with E-state index in [4.69, 9.17) is 23.2 Å². The predicted octanol–water partition coefficient (Wildman–Crippen LogP) is 9.33. The lowest BCUT2D eigenvalue weighted by atomic mass is 9.93. The lowest BCUT2D eigenvalue weighted by molar-refractivity contribution is -0.348. The highest BCUT2D eigenvalue weighted by Crippen LogP contribution is 2.53. The first-order chi connectivity index (χ1) is 18.8. The highest BCUT2D eigenvalue weighted by Gasteiger charge is 2.73. The standard InChI is InChI=1S/C26H16Cl2F11NO/c27-18-7-3-14(4-8-18)9-10-40(22(41)19-11-17(24(31,32)33)12-20(28)21(19)29)13-15-1-5-16(6-2-15)23(30,25(34,35)36)26(37,38)39/h1-8,11-12H,9-10,13H2. The molecule has 41 heavy (non-hydrogen) atoms. The Morgan fingerprint density at radius 2 is 1.22 bits per heavy atom. The van der Waals surface area contributed by atoms with Gasteiger partial charge in [-0.1, -0.05) is 59.6 Å². The van der Waals surface area contributed by atoms with Gasteiger partial charge in [0.15, 0.2) is 5.82 Å². The van der Waals surface area contributed by atoms with Crippen LogP contribution in [0.4, 0.5) is 48.3 Å². The Morgan fingerprint density at radius 3 is 1.71 bits per heavy atom. The molecule has 3 aromatic rings. The topological polar surface area (TPSA) is 20.3 Å². The molecule has 0 saturated heterocycles. The van der Waals surface area contributed by atoms with E-state index < -0.39 is 64.2 Å². The molecule has 2 nitrogen and oxygen atoms in total. The molecule has 3 aromatic carbocycles. The van der Waals surface area contributed by atoms with Crippen molar-refractivity contribution in [2.45, 2.75) is 37.2 Å². The summed E-state index contributed by atoms with van der Waals surface area (Å²) in [6, 6.07) is 8.41. The molecule has 3 rings (SSSR count). The van der Waals surface area contributed by atoms with Gasteiger partial charge in [-0.3, -0.25) is 4.79 Å². The van der Waals surface area contributed by atoms with E-state index in [1.54, 1.807) is 12.1 Å². The molecule has 1 amide bonds. The summed E-state index contributed by atoms with van der Waals surface area (Å²) in [5.41, 5.74) is -9.55. The fraction of sp³-hybridized carbons (Fsp3) is 0.269. The van der Waals surface area contributed by atoms with Crippen LogP contribution in [0.1, 0.15) is 32.6 Å². The van der Waals surface area contributed by atoms with Gasteiger partial charge in [0.2, 0.25) is 0 Å². The Kier molecular flexibility index (Phi) is 9.24. The van der Waals surface area contributed by atoms with Gasteiger partial charge in [-0.25, -0.2) is 8.78 Å². The molecular formula is C26H16Cl2F11NO. The molecule has 0 atom stereocenters. The molecule has 0 heterocycles. The van der Waals surface area contributed by atoms with E-state index in [-0.39, 0.29) is 42.8 Å². The Balaban J connectivity index is 2.00. The van der Waals surface area contributed by atoms with Crippen molar-refractivity contribution in [3.05, 3.63) is 104 Å². The van der Waals surface area contributed by atoms with Crippen molar-refractivity contribution in [1.29, 1.82) is 0 Å². The minimum absolute atomic E-state index is 0.0328. The van der Waals surface area contributed by atoms with Crippen molar-refractivity contribution in [2.24, 2.45) is 0 Å². The van der Waals surface area contributed by atoms with Gasteiger partial charge < -0.3 is 4.90 Å². The zero-order valence-corrected chi connectivity index (χ0v) is 21.7. The van der Waals surface area contributed by atoms with Gasteiger partial charge >= 0.3 is 24.2 Å². The molecule has 0 aliphatic heterocycles. The second kappa shape index (κ2) is 11.7. The van der Waals surface area contributed by atoms with E-state index in [0.717, 1.165) is 4.90 Å². The van der Waals surface area contributed by atoms with Crippen molar-refractivity contribution >= 4 is 29.1 Å². The number of nitrogens with zero attached hydrogens (tertiary/aromatic N) is 1. The molecule has 0 radical (unpaired) electrons. The van der Waals surface area contributed by atoms with E-state index in [2.05, 4.69) is 0 Å². The lowest BCUT2D eigenvalue weighted by Crippen LogP contribution is -2.50. The number of carbonyl (C=O) groups is 1. The number of hydrogen-bond donors (Lipinski definition) is 0. The molecule has 0 saturated carbocycles. The first-order valence-electron chi connectivity index (χ1n) is 11.3. The third-order valence-corrected chi connectivity index (χ3v) is 6.49. The van der Waals surface area contributed by atoms with Crippen LogP contribution in [-0.4, -0.2) is 29.7 Å². The minimum atomic E-state index is -6.35. The lowest BCUT2D eigenvalue weighted by Gasteiger charge is -2.30. The summed E-state index contributed by atoms with van der Waals surface area (Å²) in [6.45, 7) is -0.912. The summed E-state index contributed by atoms with van der Waals surface area (Å²) in [7, 11) is 0. The second-order valence-electron chi connectivity index (χ2n) is 8.77. The fourth-order valence-corrected chi connectivity index (χ4v) is 4.14. The average molecular weight is 638 g/mol. The highest BCUT2D eigenvalue weighted by molar-refractivity contribution is 6.31. The molecule has 222 valence electrons. The zero-order chi connectivity index (χ0) is 31.0. The molecule has 0 bridgehead atoms. The normalized spacial score (nSPS) is 12.9. The summed E-state index contributed by atoms with van der Waals surface area (Å²) in [6.07, 6.45) is -17.7. The third kappa shape index (κ3) is 7.06. The molecule has 0 fully saturated rings. The van der Waals surface area contributed by atoms with Crippen LogP contribution in [0, 0.1) is 5.82 Å². The van der Waals surface area contributed by atoms with Crippen LogP contribution in [0.3, 0.4) is 0 Å². The maximum Gasteiger partial charge on any atom is 0.435 e. The van der Waals surface area contributed by atoms with Crippen LogP contribution in [-0.2, 0) is 24.8 Å². The zero-order valence-electron chi connectivity index (χ0n) is 20.2. The van der Waals surface area contributed by atoms with Crippen molar-refractivity contribution in [2.75, 3.05) is 6.54 Å². The first-order valence-corrected chi connectivity index (χ1v) is 12.0. The number of rotatable bonds is 7. The van der Waals surface area contributed by atoms with Gasteiger partial charge in [0.05, 0.1) is 16.1 Å². The predicted molar refractivity (Wildman–Crippen MR) is 128 cm³/mol. The molecule has 0 aliphatic rings. The van der Waals surface area contributed by atoms with Crippen molar-refractivity contribution in [3.8, 4) is 0 Å². The Labute approximate surface area is 235 Å². The summed E-state index contributed by atoms with van der Waals surface area (Å²) < 4.78 is 147. The van der Waals surface area contributed by atoms with Gasteiger partial charge in [0, 0.05) is 23.7 Å². The molecule has 0 aromatic heterocycles. The average Bonchev–Trinajstić information content (AvgIpc) is 2.86. The van der Waals surface area contributed by atoms with Crippen molar-refractivity contribution < 1.29 is 53.1 Å². The number of benzene rings is 3. The van der Waals surface area contributed by atoms with Crippen LogP contribution in [0.2, 0.25) is 10.0 Å². The van der Waals surface area contributed by atoms with Crippen LogP contribution in [0.25, 0.3) is 0 Å². The largest absolute Gasteiger partial charge is 0.435 e. The van der Waals surface area contributed by atoms with E-state index in [0.29, 0.717) is 22.7 Å². The monoisotopic (exact) mass is 637 g/mol. The van der Waals surface area contributed by atoms with E-state index in [9.17, 15) is 53.1 Å². The number of amides is 1. The summed E-state index contributed by atoms with van der Waals surface area (Å²) in [5.74, 6) is -2.78. The molecule has 0 N–H and O–H groups in total. The van der Waals surface area contributed by atoms with Crippen LogP contribution in [0.5, 0.6) is 0 Å². The number of carbonyl (C=O) groups excluding carboxylic acids is 1.